The van der Waals surface area contributed by atoms with Crippen molar-refractivity contribution >= 4 is 47.9 Å². The number of carboxylic acids is 1. The number of carbonyl (C=O) groups is 1. The smallest absolute Gasteiger partial charge is 0.335 e. The minimum absolute atomic E-state index is 0.0199. The predicted octanol–water partition coefficient (Wildman–Crippen LogP) is 2.33. The first-order valence-electron chi connectivity index (χ1n) is 4.60. The van der Waals surface area contributed by atoms with Gasteiger partial charge in [0.25, 0.3) is 0 Å². The highest BCUT2D eigenvalue weighted by atomic mass is 79.9. The van der Waals surface area contributed by atoms with Gasteiger partial charge in [-0.15, -0.1) is 0 Å². The zero-order chi connectivity index (χ0) is 13.9. The van der Waals surface area contributed by atoms with Crippen molar-refractivity contribution < 1.29 is 18.3 Å². The monoisotopic (exact) mass is 397 g/mol. The second-order valence-corrected chi connectivity index (χ2v) is 7.00. The van der Waals surface area contributed by atoms with Crippen LogP contribution in [0.1, 0.15) is 10.4 Å². The molecule has 0 saturated carbocycles. The summed E-state index contributed by atoms with van der Waals surface area (Å²) in [6, 6.07) is 3.78. The fourth-order valence-electron chi connectivity index (χ4n) is 1.09. The van der Waals surface area contributed by atoms with Gasteiger partial charge in [-0.25, -0.2) is 17.9 Å². The molecule has 5 nitrogen and oxygen atoms in total. The second kappa shape index (κ2) is 5.96. The Balaban J connectivity index is 3.18. The first-order valence-corrected chi connectivity index (χ1v) is 7.67. The Bertz CT molecular complexity index is 598. The highest BCUT2D eigenvalue weighted by molar-refractivity contribution is 9.11. The molecule has 0 heterocycles. The molecule has 0 radical (unpaired) electrons. The van der Waals surface area contributed by atoms with Gasteiger partial charge in [-0.2, -0.15) is 0 Å². The molecule has 0 aromatic heterocycles. The summed E-state index contributed by atoms with van der Waals surface area (Å²) < 4.78 is 26.9. The number of nitrogens with one attached hydrogen (secondary N) is 1. The van der Waals surface area contributed by atoms with Crippen molar-refractivity contribution in [3.05, 3.63) is 39.3 Å². The van der Waals surface area contributed by atoms with Crippen LogP contribution in [-0.4, -0.2) is 26.0 Å². The van der Waals surface area contributed by atoms with Crippen molar-refractivity contribution in [3.63, 3.8) is 0 Å². The number of sulfonamides is 1. The Morgan fingerprint density at radius 1 is 1.44 bits per heavy atom. The summed E-state index contributed by atoms with van der Waals surface area (Å²) in [7, 11) is -3.79. The first-order chi connectivity index (χ1) is 8.24. The van der Waals surface area contributed by atoms with E-state index in [1.807, 2.05) is 0 Å². The van der Waals surface area contributed by atoms with E-state index in [2.05, 4.69) is 43.2 Å². The van der Waals surface area contributed by atoms with Crippen LogP contribution in [0.2, 0.25) is 0 Å². The molecule has 0 aliphatic heterocycles. The molecule has 8 heteroatoms. The summed E-state index contributed by atoms with van der Waals surface area (Å²) >= 11 is 6.10. The predicted molar refractivity (Wildman–Crippen MR) is 74.4 cm³/mol. The van der Waals surface area contributed by atoms with Crippen LogP contribution in [-0.2, 0) is 10.0 Å². The molecular formula is C10H9Br2NO4S. The van der Waals surface area contributed by atoms with Crippen LogP contribution in [0, 0.1) is 0 Å². The third kappa shape index (κ3) is 3.91. The zero-order valence-electron chi connectivity index (χ0n) is 8.98. The summed E-state index contributed by atoms with van der Waals surface area (Å²) in [5.41, 5.74) is -0.101. The fourth-order valence-corrected chi connectivity index (χ4v) is 3.43. The molecular weight excluding hydrogens is 390 g/mol. The van der Waals surface area contributed by atoms with E-state index < -0.39 is 16.0 Å². The Morgan fingerprint density at radius 2 is 2.06 bits per heavy atom. The van der Waals surface area contributed by atoms with Crippen LogP contribution in [0.15, 0.2) is 38.6 Å². The maximum atomic E-state index is 11.9. The molecule has 0 unspecified atom stereocenters. The van der Waals surface area contributed by atoms with Crippen molar-refractivity contribution in [1.82, 2.24) is 4.72 Å². The van der Waals surface area contributed by atoms with E-state index in [4.69, 9.17) is 5.11 Å². The quantitative estimate of drug-likeness (QED) is 0.797. The van der Waals surface area contributed by atoms with Gasteiger partial charge in [0.15, 0.2) is 0 Å². The molecule has 1 rings (SSSR count). The Labute approximate surface area is 121 Å². The highest BCUT2D eigenvalue weighted by Gasteiger charge is 2.19. The van der Waals surface area contributed by atoms with Crippen LogP contribution in [0.3, 0.4) is 0 Å². The van der Waals surface area contributed by atoms with Crippen molar-refractivity contribution in [2.75, 3.05) is 6.54 Å². The summed E-state index contributed by atoms with van der Waals surface area (Å²) in [6.07, 6.45) is 0. The normalized spacial score (nSPS) is 11.2. The van der Waals surface area contributed by atoms with Gasteiger partial charge < -0.3 is 5.11 Å². The standard InChI is InChI=1S/C10H9Br2NO4S/c1-6(11)5-13-18(16,17)9-4-7(10(14)15)2-3-8(9)12/h2-4,13H,1,5H2,(H,14,15). The molecule has 2 N–H and O–H groups in total. The maximum absolute atomic E-state index is 11.9. The fraction of sp³-hybridized carbons (Fsp3) is 0.100. The molecule has 0 saturated heterocycles. The van der Waals surface area contributed by atoms with Crippen molar-refractivity contribution in [2.24, 2.45) is 0 Å². The summed E-state index contributed by atoms with van der Waals surface area (Å²) in [5, 5.41) is 8.83. The van der Waals surface area contributed by atoms with Crippen molar-refractivity contribution in [1.29, 1.82) is 0 Å². The minimum atomic E-state index is -3.79. The summed E-state index contributed by atoms with van der Waals surface area (Å²) in [6.45, 7) is 3.52. The Hall–Kier alpha value is -0.700. The molecule has 1 aromatic rings. The van der Waals surface area contributed by atoms with Gasteiger partial charge in [0, 0.05) is 15.5 Å². The molecule has 0 spiro atoms. The molecule has 0 aliphatic carbocycles. The Kier molecular flexibility index (Phi) is 5.09. The van der Waals surface area contributed by atoms with E-state index in [9.17, 15) is 13.2 Å². The number of halogens is 2. The topological polar surface area (TPSA) is 83.5 Å². The summed E-state index contributed by atoms with van der Waals surface area (Å²) in [5.74, 6) is -1.19. The maximum Gasteiger partial charge on any atom is 0.335 e. The van der Waals surface area contributed by atoms with Crippen LogP contribution in [0.5, 0.6) is 0 Å². The molecule has 0 bridgehead atoms. The van der Waals surface area contributed by atoms with Gasteiger partial charge in [0.1, 0.15) is 0 Å². The van der Waals surface area contributed by atoms with Gasteiger partial charge >= 0.3 is 5.97 Å². The van der Waals surface area contributed by atoms with Crippen LogP contribution >= 0.6 is 31.9 Å². The number of rotatable bonds is 5. The van der Waals surface area contributed by atoms with E-state index in [0.717, 1.165) is 6.07 Å². The lowest BCUT2D eigenvalue weighted by molar-refractivity contribution is 0.0696. The molecule has 0 fully saturated rings. The average molecular weight is 399 g/mol. The van der Waals surface area contributed by atoms with Crippen LogP contribution < -0.4 is 4.72 Å². The van der Waals surface area contributed by atoms with Gasteiger partial charge in [0.2, 0.25) is 10.0 Å². The third-order valence-electron chi connectivity index (χ3n) is 1.92. The molecule has 0 aliphatic rings. The third-order valence-corrected chi connectivity index (χ3v) is 4.60. The Morgan fingerprint density at radius 3 is 2.56 bits per heavy atom. The van der Waals surface area contributed by atoms with E-state index in [-0.39, 0.29) is 17.0 Å². The molecule has 1 aromatic carbocycles. The van der Waals surface area contributed by atoms with Gasteiger partial charge in [-0.1, -0.05) is 22.5 Å². The first kappa shape index (κ1) is 15.4. The lowest BCUT2D eigenvalue weighted by Crippen LogP contribution is -2.25. The van der Waals surface area contributed by atoms with Gasteiger partial charge in [-0.3, -0.25) is 0 Å². The van der Waals surface area contributed by atoms with E-state index >= 15 is 0 Å². The minimum Gasteiger partial charge on any atom is -0.478 e. The average Bonchev–Trinajstić information content (AvgIpc) is 2.26. The molecule has 18 heavy (non-hydrogen) atoms. The zero-order valence-corrected chi connectivity index (χ0v) is 13.0. The summed E-state index contributed by atoms with van der Waals surface area (Å²) in [4.78, 5) is 10.7. The molecule has 0 atom stereocenters. The van der Waals surface area contributed by atoms with Crippen LogP contribution in [0.4, 0.5) is 0 Å². The SMILES string of the molecule is C=C(Br)CNS(=O)(=O)c1cc(C(=O)O)ccc1Br. The number of hydrogen-bond acceptors (Lipinski definition) is 3. The number of aromatic carboxylic acids is 1. The van der Waals surface area contributed by atoms with Crippen molar-refractivity contribution in [3.8, 4) is 0 Å². The molecule has 0 amide bonds. The lowest BCUT2D eigenvalue weighted by atomic mass is 10.2. The second-order valence-electron chi connectivity index (χ2n) is 3.29. The van der Waals surface area contributed by atoms with E-state index in [1.54, 1.807) is 0 Å². The highest BCUT2D eigenvalue weighted by Crippen LogP contribution is 2.23. The number of benzene rings is 1. The van der Waals surface area contributed by atoms with E-state index in [1.165, 1.54) is 12.1 Å². The lowest BCUT2D eigenvalue weighted by Gasteiger charge is -2.08. The number of carboxylic acid groups (broad SMARTS) is 1. The van der Waals surface area contributed by atoms with Crippen LogP contribution in [0.25, 0.3) is 0 Å². The van der Waals surface area contributed by atoms with Gasteiger partial charge in [-0.05, 0) is 34.1 Å². The van der Waals surface area contributed by atoms with Crippen molar-refractivity contribution in [2.45, 2.75) is 4.90 Å². The number of hydrogen-bond donors (Lipinski definition) is 2. The largest absolute Gasteiger partial charge is 0.478 e. The van der Waals surface area contributed by atoms with E-state index in [0.29, 0.717) is 8.96 Å². The molecule has 98 valence electrons. The van der Waals surface area contributed by atoms with Gasteiger partial charge in [0.05, 0.1) is 10.5 Å².